The molecule has 0 amide bonds. The van der Waals surface area contributed by atoms with Crippen molar-refractivity contribution < 1.29 is 22.7 Å². The predicted molar refractivity (Wildman–Crippen MR) is 57.7 cm³/mol. The monoisotopic (exact) mass is 243 g/mol. The molecule has 6 heteroatoms. The summed E-state index contributed by atoms with van der Waals surface area (Å²) >= 11 is 0. The Bertz CT molecular complexity index is 421. The number of hydrogen-bond donors (Lipinski definition) is 1. The highest BCUT2D eigenvalue weighted by Crippen LogP contribution is 2.02. The van der Waals surface area contributed by atoms with Crippen molar-refractivity contribution in [3.63, 3.8) is 0 Å². The third-order valence-electron chi connectivity index (χ3n) is 1.72. The van der Waals surface area contributed by atoms with Gasteiger partial charge in [-0.05, 0) is 5.56 Å². The van der Waals surface area contributed by atoms with E-state index in [0.717, 1.165) is 13.2 Å². The SMILES string of the molecule is C1=[NH+]CCO1.O=S(=O)([O-])Cc1ccccc1. The Morgan fingerprint density at radius 1 is 1.31 bits per heavy atom. The van der Waals surface area contributed by atoms with Crippen molar-refractivity contribution in [2.75, 3.05) is 13.2 Å². The van der Waals surface area contributed by atoms with Crippen molar-refractivity contribution in [2.45, 2.75) is 5.75 Å². The standard InChI is InChI=1S/C7H8O3S.C3H5NO/c8-11(9,10)6-7-4-2-1-3-5-7;1-2-5-3-4-1/h1-5H,6H2,(H,8,9,10);3H,1-2H2. The van der Waals surface area contributed by atoms with Crippen molar-refractivity contribution in [1.82, 2.24) is 0 Å². The molecule has 88 valence electrons. The average molecular weight is 243 g/mol. The van der Waals surface area contributed by atoms with E-state index in [2.05, 4.69) is 4.99 Å². The second-order valence-corrected chi connectivity index (χ2v) is 4.53. The Kier molecular flexibility index (Phi) is 4.94. The molecule has 1 aromatic rings. The summed E-state index contributed by atoms with van der Waals surface area (Å²) in [6, 6.07) is 8.37. The van der Waals surface area contributed by atoms with Gasteiger partial charge in [-0.25, -0.2) is 13.4 Å². The van der Waals surface area contributed by atoms with Gasteiger partial charge in [-0.1, -0.05) is 30.3 Å². The highest BCUT2D eigenvalue weighted by atomic mass is 32.2. The van der Waals surface area contributed by atoms with Gasteiger partial charge in [0.25, 0.3) is 0 Å². The molecule has 0 saturated heterocycles. The first-order valence-corrected chi connectivity index (χ1v) is 6.30. The third kappa shape index (κ3) is 6.15. The second kappa shape index (κ2) is 6.24. The van der Waals surface area contributed by atoms with Crippen molar-refractivity contribution in [2.24, 2.45) is 0 Å². The number of ether oxygens (including phenoxy) is 1. The first kappa shape index (κ1) is 12.7. The van der Waals surface area contributed by atoms with E-state index in [1.54, 1.807) is 36.7 Å². The van der Waals surface area contributed by atoms with Gasteiger partial charge in [-0.2, -0.15) is 0 Å². The van der Waals surface area contributed by atoms with Crippen LogP contribution in [0.1, 0.15) is 5.56 Å². The molecule has 1 N–H and O–H groups in total. The lowest BCUT2D eigenvalue weighted by atomic mass is 10.2. The van der Waals surface area contributed by atoms with E-state index in [9.17, 15) is 13.0 Å². The van der Waals surface area contributed by atoms with Gasteiger partial charge in [-0.15, -0.1) is 0 Å². The Hall–Kier alpha value is -1.40. The van der Waals surface area contributed by atoms with E-state index in [0.29, 0.717) is 5.56 Å². The molecule has 0 unspecified atom stereocenters. The fraction of sp³-hybridized carbons (Fsp3) is 0.300. The van der Waals surface area contributed by atoms with E-state index in [1.165, 1.54) is 0 Å². The molecule has 0 aliphatic carbocycles. The fourth-order valence-electron chi connectivity index (χ4n) is 1.07. The van der Waals surface area contributed by atoms with E-state index < -0.39 is 15.9 Å². The molecule has 16 heavy (non-hydrogen) atoms. The lowest BCUT2D eigenvalue weighted by Gasteiger charge is -2.05. The van der Waals surface area contributed by atoms with Gasteiger partial charge in [0.15, 0.2) is 13.2 Å². The summed E-state index contributed by atoms with van der Waals surface area (Å²) in [5.74, 6) is -0.423. The van der Waals surface area contributed by atoms with E-state index in [4.69, 9.17) is 4.74 Å². The van der Waals surface area contributed by atoms with Crippen LogP contribution in [-0.4, -0.2) is 32.5 Å². The maximum Gasteiger partial charge on any atom is 0.322 e. The van der Waals surface area contributed by atoms with Crippen LogP contribution in [0.3, 0.4) is 0 Å². The highest BCUT2D eigenvalue weighted by molar-refractivity contribution is 7.84. The van der Waals surface area contributed by atoms with E-state index in [-0.39, 0.29) is 0 Å². The predicted octanol–water partition coefficient (Wildman–Crippen LogP) is -1.14. The molecular formula is C10H13NO4S. The van der Waals surface area contributed by atoms with Crippen molar-refractivity contribution in [3.8, 4) is 0 Å². The molecule has 0 fully saturated rings. The highest BCUT2D eigenvalue weighted by Gasteiger charge is 1.96. The van der Waals surface area contributed by atoms with Gasteiger partial charge >= 0.3 is 6.40 Å². The Balaban J connectivity index is 0.000000212. The maximum atomic E-state index is 10.2. The molecule has 0 atom stereocenters. The molecule has 1 aliphatic heterocycles. The number of benzene rings is 1. The van der Waals surface area contributed by atoms with Gasteiger partial charge in [0.1, 0.15) is 0 Å². The summed E-state index contributed by atoms with van der Waals surface area (Å²) in [6.45, 7) is 1.81. The fourth-order valence-corrected chi connectivity index (χ4v) is 1.67. The molecule has 5 nitrogen and oxygen atoms in total. The zero-order valence-electron chi connectivity index (χ0n) is 8.63. The normalized spacial score (nSPS) is 13.8. The summed E-state index contributed by atoms with van der Waals surface area (Å²) in [6.07, 6.45) is 1.61. The van der Waals surface area contributed by atoms with Crippen LogP contribution in [0.2, 0.25) is 0 Å². The van der Waals surface area contributed by atoms with Crippen molar-refractivity contribution in [1.29, 1.82) is 0 Å². The zero-order valence-corrected chi connectivity index (χ0v) is 9.44. The molecule has 0 bridgehead atoms. The summed E-state index contributed by atoms with van der Waals surface area (Å²) in [5.41, 5.74) is 0.530. The van der Waals surface area contributed by atoms with Crippen LogP contribution in [0.25, 0.3) is 0 Å². The summed E-state index contributed by atoms with van der Waals surface area (Å²) in [7, 11) is -4.13. The van der Waals surface area contributed by atoms with Crippen LogP contribution in [0, 0.1) is 0 Å². The van der Waals surface area contributed by atoms with Crippen LogP contribution >= 0.6 is 0 Å². The lowest BCUT2D eigenvalue weighted by Crippen LogP contribution is -2.65. The molecule has 2 rings (SSSR count). The first-order valence-electron chi connectivity index (χ1n) is 4.72. The Morgan fingerprint density at radius 2 is 2.00 bits per heavy atom. The van der Waals surface area contributed by atoms with E-state index >= 15 is 0 Å². The number of hydrogen-bond acceptors (Lipinski definition) is 4. The largest absolute Gasteiger partial charge is 0.748 e. The summed E-state index contributed by atoms with van der Waals surface area (Å²) in [4.78, 5) is 2.88. The van der Waals surface area contributed by atoms with Crippen LogP contribution in [0.5, 0.6) is 0 Å². The van der Waals surface area contributed by atoms with Crippen LogP contribution in [0.15, 0.2) is 30.3 Å². The topological polar surface area (TPSA) is 80.4 Å². The minimum absolute atomic E-state index is 0.423. The van der Waals surface area contributed by atoms with E-state index in [1.807, 2.05) is 0 Å². The molecule has 0 saturated carbocycles. The van der Waals surface area contributed by atoms with Gasteiger partial charge < -0.3 is 9.29 Å². The minimum atomic E-state index is -4.13. The molecular weight excluding hydrogens is 230 g/mol. The Morgan fingerprint density at radius 3 is 2.38 bits per heavy atom. The van der Waals surface area contributed by atoms with Crippen molar-refractivity contribution >= 4 is 16.5 Å². The van der Waals surface area contributed by atoms with Crippen LogP contribution < -0.4 is 4.99 Å². The van der Waals surface area contributed by atoms with Crippen molar-refractivity contribution in [3.05, 3.63) is 35.9 Å². The van der Waals surface area contributed by atoms with Gasteiger partial charge in [0.2, 0.25) is 0 Å². The van der Waals surface area contributed by atoms with Gasteiger partial charge in [0.05, 0.1) is 15.9 Å². The lowest BCUT2D eigenvalue weighted by molar-refractivity contribution is -0.439. The quantitative estimate of drug-likeness (QED) is 0.666. The second-order valence-electron chi connectivity index (χ2n) is 3.13. The van der Waals surface area contributed by atoms with Gasteiger partial charge in [0, 0.05) is 0 Å². The van der Waals surface area contributed by atoms with Crippen LogP contribution in [0.4, 0.5) is 0 Å². The first-order chi connectivity index (χ1) is 7.58. The third-order valence-corrected chi connectivity index (χ3v) is 2.40. The molecule has 1 aromatic carbocycles. The average Bonchev–Trinajstić information content (AvgIpc) is 2.74. The zero-order chi connectivity index (χ0) is 11.9. The maximum absolute atomic E-state index is 10.2. The molecule has 1 heterocycles. The van der Waals surface area contributed by atoms with Crippen LogP contribution in [-0.2, 0) is 20.6 Å². The molecule has 1 aliphatic rings. The smallest absolute Gasteiger partial charge is 0.322 e. The summed E-state index contributed by atoms with van der Waals surface area (Å²) < 4.78 is 35.4. The Labute approximate surface area is 94.5 Å². The molecule has 0 aromatic heterocycles. The minimum Gasteiger partial charge on any atom is -0.748 e. The molecule has 0 spiro atoms. The van der Waals surface area contributed by atoms with Gasteiger partial charge in [-0.3, -0.25) is 0 Å². The number of nitrogens with one attached hydrogen (secondary N) is 1. The number of rotatable bonds is 2. The summed E-state index contributed by atoms with van der Waals surface area (Å²) in [5, 5.41) is 0. The molecule has 0 radical (unpaired) electrons.